The third kappa shape index (κ3) is 28.1. The minimum Gasteiger partial charge on any atom is -0.462 e. The van der Waals surface area contributed by atoms with E-state index in [1.807, 2.05) is 12.2 Å². The summed E-state index contributed by atoms with van der Waals surface area (Å²) in [5, 5.41) is 20.9. The average Bonchev–Trinajstić information content (AvgIpc) is 4.02. The average molecular weight is 1040 g/mol. The molecule has 0 saturated carbocycles. The topological polar surface area (TPSA) is 278 Å². The van der Waals surface area contributed by atoms with Crippen molar-refractivity contribution in [1.29, 1.82) is 0 Å². The van der Waals surface area contributed by atoms with Gasteiger partial charge in [0.2, 0.25) is 0 Å². The molecule has 0 bridgehead atoms. The highest BCUT2D eigenvalue weighted by Crippen LogP contribution is 2.60. The number of phosphoric acid groups is 2. The van der Waals surface area contributed by atoms with Crippen molar-refractivity contribution in [2.45, 2.75) is 211 Å². The first kappa shape index (κ1) is 62.0. The van der Waals surface area contributed by atoms with E-state index in [0.29, 0.717) is 19.3 Å². The fourth-order valence-electron chi connectivity index (χ4n) is 7.64. The zero-order valence-corrected chi connectivity index (χ0v) is 43.7. The van der Waals surface area contributed by atoms with Crippen LogP contribution >= 0.6 is 15.6 Å². The number of unbranched alkanes of at least 4 members (excludes halogenated alkanes) is 15. The Hall–Kier alpha value is -3.32. The molecule has 3 rings (SSSR count). The van der Waals surface area contributed by atoms with Gasteiger partial charge in [-0.15, -0.1) is 0 Å². The fraction of sp³-hybridized carbons (Fsp3) is 0.720. The predicted octanol–water partition coefficient (Wildman–Crippen LogP) is 9.54. The number of hydrogen-bond acceptors (Lipinski definition) is 16. The molecule has 2 aliphatic heterocycles. The van der Waals surface area contributed by atoms with Gasteiger partial charge in [-0.3, -0.25) is 23.2 Å². The molecule has 9 atom stereocenters. The van der Waals surface area contributed by atoms with Crippen molar-refractivity contribution in [1.82, 2.24) is 9.55 Å². The zero-order valence-electron chi connectivity index (χ0n) is 42.0. The third-order valence-electron chi connectivity index (χ3n) is 11.8. The van der Waals surface area contributed by atoms with Crippen molar-refractivity contribution >= 4 is 33.4 Å². The number of aliphatic hydroxyl groups excluding tert-OH is 2. The summed E-state index contributed by atoms with van der Waals surface area (Å²) in [6.07, 6.45) is 33.6. The highest BCUT2D eigenvalue weighted by atomic mass is 31.3. The second-order valence-electron chi connectivity index (χ2n) is 18.1. The fourth-order valence-corrected chi connectivity index (χ4v) is 9.75. The third-order valence-corrected chi connectivity index (χ3v) is 14.4. The maximum absolute atomic E-state index is 12.9. The molecular formula is C50H83N3O16P2. The Morgan fingerprint density at radius 2 is 1.23 bits per heavy atom. The van der Waals surface area contributed by atoms with Gasteiger partial charge < -0.3 is 44.7 Å². The number of carbonyl (C=O) groups excluding carboxylic acids is 2. The van der Waals surface area contributed by atoms with Gasteiger partial charge in [0, 0.05) is 19.0 Å². The van der Waals surface area contributed by atoms with Gasteiger partial charge in [0.15, 0.2) is 12.3 Å². The van der Waals surface area contributed by atoms with E-state index in [0.717, 1.165) is 87.8 Å². The van der Waals surface area contributed by atoms with Gasteiger partial charge in [-0.1, -0.05) is 127 Å². The molecule has 19 nitrogen and oxygen atoms in total. The minimum atomic E-state index is -5.44. The van der Waals surface area contributed by atoms with Crippen LogP contribution in [-0.2, 0) is 51.0 Å². The number of aromatic nitrogens is 2. The largest absolute Gasteiger partial charge is 0.481 e. The summed E-state index contributed by atoms with van der Waals surface area (Å²) in [7, 11) is -10.9. The number of esters is 2. The Morgan fingerprint density at radius 3 is 1.90 bits per heavy atom. The molecule has 71 heavy (non-hydrogen) atoms. The van der Waals surface area contributed by atoms with Crippen LogP contribution in [0.15, 0.2) is 65.7 Å². The molecule has 0 aliphatic carbocycles. The second-order valence-corrected chi connectivity index (χ2v) is 21.1. The summed E-state index contributed by atoms with van der Waals surface area (Å²) in [5.74, 6) is -1.38. The summed E-state index contributed by atoms with van der Waals surface area (Å²) in [6.45, 7) is 2.04. The number of nitrogen functional groups attached to an aromatic ring is 1. The van der Waals surface area contributed by atoms with E-state index in [4.69, 9.17) is 33.7 Å². The number of allylic oxidation sites excluding steroid dienone is 6. The van der Waals surface area contributed by atoms with Gasteiger partial charge in [-0.05, 0) is 83.1 Å². The molecule has 1 aromatic heterocycles. The van der Waals surface area contributed by atoms with Gasteiger partial charge in [-0.25, -0.2) is 13.9 Å². The number of hydrogen-bond donors (Lipinski definition) is 5. The molecule has 1 aromatic rings. The molecule has 0 spiro atoms. The highest BCUT2D eigenvalue weighted by molar-refractivity contribution is 7.61. The van der Waals surface area contributed by atoms with Crippen LogP contribution in [0.1, 0.15) is 174 Å². The van der Waals surface area contributed by atoms with Crippen LogP contribution in [-0.4, -0.2) is 97.9 Å². The van der Waals surface area contributed by atoms with E-state index in [9.17, 15) is 43.5 Å². The number of rotatable bonds is 41. The van der Waals surface area contributed by atoms with Crippen molar-refractivity contribution in [3.8, 4) is 0 Å². The normalized spacial score (nSPS) is 22.4. The molecule has 6 N–H and O–H groups in total. The SMILES string of the molecule is CCCCC/C=C\C/C=C\CC1OC1C/C=C\CCCC(=O)OC[C@H](COP(=O)(O)OP(=O)(O)OC[C@H]1O[C@@H](n2ccc(N)nc2=O)[C@H](O)[C@@H]1O)OC(=O)CCCCCCCCC/C=C\CCCCCC. The van der Waals surface area contributed by atoms with Gasteiger partial charge in [0.1, 0.15) is 30.7 Å². The first-order valence-corrected chi connectivity index (χ1v) is 28.8. The van der Waals surface area contributed by atoms with Crippen LogP contribution in [0, 0.1) is 0 Å². The quantitative estimate of drug-likeness (QED) is 0.0134. The number of aliphatic hydroxyl groups is 2. The van der Waals surface area contributed by atoms with Gasteiger partial charge in [-0.2, -0.15) is 9.29 Å². The number of nitrogens with zero attached hydrogens (tertiary/aromatic N) is 2. The van der Waals surface area contributed by atoms with E-state index in [1.54, 1.807) is 0 Å². The number of carbonyl (C=O) groups is 2. The molecule has 0 aromatic carbocycles. The summed E-state index contributed by atoms with van der Waals surface area (Å²) < 4.78 is 62.5. The molecule has 0 amide bonds. The van der Waals surface area contributed by atoms with Crippen LogP contribution in [0.2, 0.25) is 0 Å². The summed E-state index contributed by atoms with van der Waals surface area (Å²) in [4.78, 5) is 62.0. The Balaban J connectivity index is 1.41. The Morgan fingerprint density at radius 1 is 0.690 bits per heavy atom. The predicted molar refractivity (Wildman–Crippen MR) is 270 cm³/mol. The number of phosphoric ester groups is 2. The lowest BCUT2D eigenvalue weighted by molar-refractivity contribution is -0.161. The lowest BCUT2D eigenvalue weighted by atomic mass is 10.1. The molecule has 4 unspecified atom stereocenters. The molecule has 2 saturated heterocycles. The van der Waals surface area contributed by atoms with Gasteiger partial charge in [0.05, 0.1) is 25.4 Å². The molecule has 0 radical (unpaired) electrons. The van der Waals surface area contributed by atoms with Crippen LogP contribution < -0.4 is 11.4 Å². The maximum Gasteiger partial charge on any atom is 0.481 e. The summed E-state index contributed by atoms with van der Waals surface area (Å²) in [6, 6.07) is 1.24. The monoisotopic (exact) mass is 1040 g/mol. The van der Waals surface area contributed by atoms with Crippen LogP contribution in [0.25, 0.3) is 0 Å². The molecule has 2 aliphatic rings. The standard InChI is InChI=1S/C50H83N3O16P2/c1-3-5-7-9-11-13-14-15-16-17-18-20-22-24-30-34-46(55)66-40(37-63-45(54)33-29-26-25-28-32-42-41(67-42)31-27-23-21-19-12-10-8-6-4-2)38-64-70(59,60)69-71(61,62)65-39-43-47(56)48(57)49(68-43)53-36-35-44(51)52-50(53)58/h12-14,19,23,25,27-28,35-36,40-43,47-49,56-57H,3-11,15-18,20-22,24,26,29-34,37-39H2,1-2H3,(H,59,60)(H,61,62)(H2,51,52,58)/b14-13-,19-12-,27-23-,28-25-/t40-,41?,42?,43-,47-,48-,49-/m1/s1. The lowest BCUT2D eigenvalue weighted by Crippen LogP contribution is -2.36. The maximum atomic E-state index is 12.9. The molecule has 3 heterocycles. The number of epoxide rings is 1. The molecular weight excluding hydrogens is 961 g/mol. The molecule has 2 fully saturated rings. The van der Waals surface area contributed by atoms with Crippen molar-refractivity contribution in [3.05, 3.63) is 71.4 Å². The highest BCUT2D eigenvalue weighted by Gasteiger charge is 2.46. The van der Waals surface area contributed by atoms with Crippen LogP contribution in [0.4, 0.5) is 5.82 Å². The zero-order chi connectivity index (χ0) is 51.7. The van der Waals surface area contributed by atoms with Crippen LogP contribution in [0.3, 0.4) is 0 Å². The van der Waals surface area contributed by atoms with Crippen molar-refractivity contribution < 1.29 is 71.0 Å². The van der Waals surface area contributed by atoms with Crippen molar-refractivity contribution in [3.63, 3.8) is 0 Å². The van der Waals surface area contributed by atoms with E-state index in [2.05, 4.69) is 59.6 Å². The molecule has 404 valence electrons. The van der Waals surface area contributed by atoms with E-state index >= 15 is 0 Å². The summed E-state index contributed by atoms with van der Waals surface area (Å²) in [5.41, 5.74) is 4.58. The van der Waals surface area contributed by atoms with Crippen molar-refractivity contribution in [2.24, 2.45) is 0 Å². The smallest absolute Gasteiger partial charge is 0.462 e. The molecule has 21 heteroatoms. The van der Waals surface area contributed by atoms with E-state index < -0.39 is 83.7 Å². The van der Waals surface area contributed by atoms with Gasteiger partial charge >= 0.3 is 33.3 Å². The minimum absolute atomic E-state index is 0.0289. The Kier molecular flexibility index (Phi) is 31.2. The summed E-state index contributed by atoms with van der Waals surface area (Å²) >= 11 is 0. The number of ether oxygens (including phenoxy) is 4. The van der Waals surface area contributed by atoms with Crippen LogP contribution in [0.5, 0.6) is 0 Å². The van der Waals surface area contributed by atoms with E-state index in [-0.39, 0.29) is 30.9 Å². The van der Waals surface area contributed by atoms with E-state index in [1.165, 1.54) is 51.0 Å². The number of anilines is 1. The lowest BCUT2D eigenvalue weighted by Gasteiger charge is -2.21. The second kappa shape index (κ2) is 35.8. The first-order valence-electron chi connectivity index (χ1n) is 25.8. The first-order chi connectivity index (χ1) is 34.1. The van der Waals surface area contributed by atoms with Gasteiger partial charge in [0.25, 0.3) is 0 Å². The van der Waals surface area contributed by atoms with Crippen molar-refractivity contribution in [2.75, 3.05) is 25.6 Å². The Bertz CT molecular complexity index is 1950. The Labute approximate surface area is 420 Å². The number of nitrogens with two attached hydrogens (primary N) is 1.